The Kier molecular flexibility index (Phi) is 4.67. The van der Waals surface area contributed by atoms with Crippen molar-refractivity contribution in [3.63, 3.8) is 0 Å². The number of thiocarbonyl (C=S) groups is 1. The first kappa shape index (κ1) is 15.7. The van der Waals surface area contributed by atoms with Crippen molar-refractivity contribution < 1.29 is 14.4 Å². The molecular weight excluding hydrogens is 322 g/mol. The summed E-state index contributed by atoms with van der Waals surface area (Å²) in [6.45, 7) is 1.90. The van der Waals surface area contributed by atoms with E-state index in [1.54, 1.807) is 26.5 Å². The van der Waals surface area contributed by atoms with Crippen molar-refractivity contribution in [2.24, 2.45) is 0 Å². The van der Waals surface area contributed by atoms with Gasteiger partial charge in [-0.1, -0.05) is 12.2 Å². The maximum absolute atomic E-state index is 12.6. The number of likely N-dealkylation sites (tertiary alicyclic amines) is 2. The molecule has 3 saturated heterocycles. The van der Waals surface area contributed by atoms with Gasteiger partial charge in [0.2, 0.25) is 11.8 Å². The average molecular weight is 341 g/mol. The Balaban J connectivity index is 1.68. The van der Waals surface area contributed by atoms with Crippen LogP contribution in [0.15, 0.2) is 0 Å². The predicted molar refractivity (Wildman–Crippen MR) is 87.6 cm³/mol. The van der Waals surface area contributed by atoms with Gasteiger partial charge in [-0.25, -0.2) is 0 Å². The van der Waals surface area contributed by atoms with Crippen molar-refractivity contribution in [2.75, 3.05) is 37.8 Å². The third kappa shape index (κ3) is 2.99. The van der Waals surface area contributed by atoms with E-state index in [1.807, 2.05) is 0 Å². The number of rotatable bonds is 3. The van der Waals surface area contributed by atoms with Gasteiger partial charge in [-0.2, -0.15) is 0 Å². The summed E-state index contributed by atoms with van der Waals surface area (Å²) < 4.78 is 0. The summed E-state index contributed by atoms with van der Waals surface area (Å²) >= 11 is 7.04. The normalized spacial score (nSPS) is 25.5. The molecule has 3 heterocycles. The minimum absolute atomic E-state index is 0.0222. The summed E-state index contributed by atoms with van der Waals surface area (Å²) in [4.78, 5) is 42.4. The lowest BCUT2D eigenvalue weighted by Gasteiger charge is -2.28. The summed E-state index contributed by atoms with van der Waals surface area (Å²) in [6.07, 6.45) is 1.91. The average Bonchev–Trinajstić information content (AvgIpc) is 3.20. The zero-order chi connectivity index (χ0) is 15.7. The summed E-state index contributed by atoms with van der Waals surface area (Å²) in [5, 5.41) is 0. The lowest BCUT2D eigenvalue weighted by Crippen LogP contribution is -2.51. The van der Waals surface area contributed by atoms with E-state index in [9.17, 15) is 14.4 Å². The zero-order valence-electron chi connectivity index (χ0n) is 12.3. The summed E-state index contributed by atoms with van der Waals surface area (Å²) in [7, 11) is 0. The van der Waals surface area contributed by atoms with Crippen LogP contribution < -0.4 is 0 Å². The Bertz CT molecular complexity index is 519. The number of carbonyl (C=O) groups excluding carboxylic acids is 3. The van der Waals surface area contributed by atoms with E-state index in [-0.39, 0.29) is 24.3 Å². The molecule has 3 amide bonds. The number of nitrogens with zero attached hydrogens (tertiary/aromatic N) is 3. The van der Waals surface area contributed by atoms with Gasteiger partial charge in [-0.3, -0.25) is 14.4 Å². The first-order valence-corrected chi connectivity index (χ1v) is 9.10. The van der Waals surface area contributed by atoms with E-state index >= 15 is 0 Å². The highest BCUT2D eigenvalue weighted by Crippen LogP contribution is 2.22. The molecule has 3 fully saturated rings. The first-order chi connectivity index (χ1) is 10.6. The van der Waals surface area contributed by atoms with E-state index in [1.165, 1.54) is 0 Å². The second-order valence-electron chi connectivity index (χ2n) is 5.76. The van der Waals surface area contributed by atoms with Crippen molar-refractivity contribution in [3.05, 3.63) is 0 Å². The van der Waals surface area contributed by atoms with E-state index in [4.69, 9.17) is 12.2 Å². The molecule has 22 heavy (non-hydrogen) atoms. The van der Waals surface area contributed by atoms with E-state index in [0.717, 1.165) is 18.7 Å². The highest BCUT2D eigenvalue weighted by molar-refractivity contribution is 7.99. The van der Waals surface area contributed by atoms with E-state index in [2.05, 4.69) is 0 Å². The standard InChI is InChI=1S/C14H19N3O3S2/c18-11-2-1-4-15(11)8-12(19)17-5-3-10(21)13(17)14(20)16-6-7-22-9-16/h13H,1-9H2/t13-/m0/s1. The fourth-order valence-electron chi connectivity index (χ4n) is 3.10. The molecule has 120 valence electrons. The molecule has 1 atom stereocenters. The van der Waals surface area contributed by atoms with Gasteiger partial charge in [-0.15, -0.1) is 11.8 Å². The van der Waals surface area contributed by atoms with Crippen LogP contribution in [-0.2, 0) is 14.4 Å². The molecule has 3 aliphatic heterocycles. The van der Waals surface area contributed by atoms with E-state index < -0.39 is 6.04 Å². The lowest BCUT2D eigenvalue weighted by molar-refractivity contribution is -0.143. The third-order valence-electron chi connectivity index (χ3n) is 4.33. The molecule has 0 bridgehead atoms. The van der Waals surface area contributed by atoms with Gasteiger partial charge in [0.1, 0.15) is 6.04 Å². The fraction of sp³-hybridized carbons (Fsp3) is 0.714. The zero-order valence-corrected chi connectivity index (χ0v) is 14.0. The molecule has 0 spiro atoms. The van der Waals surface area contributed by atoms with E-state index in [0.29, 0.717) is 36.7 Å². The maximum Gasteiger partial charge on any atom is 0.251 e. The molecule has 0 aromatic rings. The molecular formula is C14H19N3O3S2. The SMILES string of the molecule is O=C1CCCN1CC(=O)N1CCC(=S)[C@H]1C(=O)N1CCSC1. The van der Waals surface area contributed by atoms with Gasteiger partial charge < -0.3 is 14.7 Å². The first-order valence-electron chi connectivity index (χ1n) is 7.54. The molecule has 3 rings (SSSR count). The Morgan fingerprint density at radius 1 is 1.23 bits per heavy atom. The molecule has 0 saturated carbocycles. The Hall–Kier alpha value is -1.15. The molecule has 0 aromatic heterocycles. The Morgan fingerprint density at radius 3 is 2.68 bits per heavy atom. The second kappa shape index (κ2) is 6.54. The fourth-order valence-corrected chi connectivity index (χ4v) is 4.37. The quantitative estimate of drug-likeness (QED) is 0.682. The number of hydrogen-bond acceptors (Lipinski definition) is 5. The molecule has 0 aliphatic carbocycles. The molecule has 3 aliphatic rings. The number of amides is 3. The van der Waals surface area contributed by atoms with Crippen LogP contribution in [-0.4, -0.2) is 81.1 Å². The van der Waals surface area contributed by atoms with Crippen LogP contribution in [0.4, 0.5) is 0 Å². The monoisotopic (exact) mass is 341 g/mol. The largest absolute Gasteiger partial charge is 0.333 e. The minimum atomic E-state index is -0.612. The second-order valence-corrected chi connectivity index (χ2v) is 7.36. The van der Waals surface area contributed by atoms with Gasteiger partial charge in [0.25, 0.3) is 5.91 Å². The number of hydrogen-bond donors (Lipinski definition) is 0. The van der Waals surface area contributed by atoms with Crippen LogP contribution in [0, 0.1) is 0 Å². The van der Waals surface area contributed by atoms with Crippen LogP contribution in [0.5, 0.6) is 0 Å². The van der Waals surface area contributed by atoms with Crippen LogP contribution in [0.2, 0.25) is 0 Å². The van der Waals surface area contributed by atoms with Crippen LogP contribution in [0.25, 0.3) is 0 Å². The summed E-state index contributed by atoms with van der Waals surface area (Å²) in [5.41, 5.74) is 0. The summed E-state index contributed by atoms with van der Waals surface area (Å²) in [6, 6.07) is -0.612. The molecule has 8 heteroatoms. The number of thioether (sulfide) groups is 1. The minimum Gasteiger partial charge on any atom is -0.333 e. The highest BCUT2D eigenvalue weighted by atomic mass is 32.2. The molecule has 0 unspecified atom stereocenters. The van der Waals surface area contributed by atoms with Gasteiger partial charge in [0.15, 0.2) is 0 Å². The molecule has 0 aromatic carbocycles. The van der Waals surface area contributed by atoms with Crippen molar-refractivity contribution in [3.8, 4) is 0 Å². The van der Waals surface area contributed by atoms with Crippen LogP contribution in [0.1, 0.15) is 19.3 Å². The topological polar surface area (TPSA) is 60.9 Å². The molecule has 0 N–H and O–H groups in total. The van der Waals surface area contributed by atoms with Crippen molar-refractivity contribution in [2.45, 2.75) is 25.3 Å². The van der Waals surface area contributed by atoms with Crippen LogP contribution in [0.3, 0.4) is 0 Å². The Morgan fingerprint density at radius 2 is 2.05 bits per heavy atom. The smallest absolute Gasteiger partial charge is 0.251 e. The Labute approximate surface area is 139 Å². The van der Waals surface area contributed by atoms with Gasteiger partial charge in [0.05, 0.1) is 12.4 Å². The van der Waals surface area contributed by atoms with Gasteiger partial charge in [-0.05, 0) is 12.8 Å². The van der Waals surface area contributed by atoms with Crippen molar-refractivity contribution in [1.82, 2.24) is 14.7 Å². The molecule has 6 nitrogen and oxygen atoms in total. The lowest BCUT2D eigenvalue weighted by atomic mass is 10.2. The molecule has 0 radical (unpaired) electrons. The maximum atomic E-state index is 12.6. The summed E-state index contributed by atoms with van der Waals surface area (Å²) in [5.74, 6) is 1.40. The highest BCUT2D eigenvalue weighted by Gasteiger charge is 2.41. The van der Waals surface area contributed by atoms with Crippen LogP contribution >= 0.6 is 24.0 Å². The van der Waals surface area contributed by atoms with Gasteiger partial charge in [0, 0.05) is 36.7 Å². The predicted octanol–water partition coefficient (Wildman–Crippen LogP) is 0.113. The number of carbonyl (C=O) groups is 3. The van der Waals surface area contributed by atoms with Crippen molar-refractivity contribution in [1.29, 1.82) is 0 Å². The third-order valence-corrected chi connectivity index (χ3v) is 5.72. The van der Waals surface area contributed by atoms with Gasteiger partial charge >= 0.3 is 0 Å². The van der Waals surface area contributed by atoms with Crippen molar-refractivity contribution >= 4 is 46.6 Å².